The second-order valence-electron chi connectivity index (χ2n) is 5.42. The molecule has 0 spiro atoms. The molecule has 3 rings (SSSR count). The molecule has 3 aromatic rings. The van der Waals surface area contributed by atoms with Crippen molar-refractivity contribution in [2.75, 3.05) is 12.4 Å². The summed E-state index contributed by atoms with van der Waals surface area (Å²) in [5.74, 6) is 0.762. The quantitative estimate of drug-likeness (QED) is 0.621. The van der Waals surface area contributed by atoms with E-state index in [1.54, 1.807) is 31.5 Å². The molecule has 0 bridgehead atoms. The molecule has 0 amide bonds. The normalized spacial score (nSPS) is 12.3. The van der Waals surface area contributed by atoms with E-state index < -0.39 is 6.17 Å². The first kappa shape index (κ1) is 16.6. The minimum Gasteiger partial charge on any atom is -0.497 e. The molecule has 24 heavy (non-hydrogen) atoms. The summed E-state index contributed by atoms with van der Waals surface area (Å²) in [5.41, 5.74) is 1.29. The maximum absolute atomic E-state index is 13.8. The SMILES string of the molecule is COc1ccc(Cn2ncc3cc(C(F)CBr)ccc3c2=O)cc1. The van der Waals surface area contributed by atoms with Gasteiger partial charge in [-0.2, -0.15) is 5.10 Å². The number of halogens is 2. The summed E-state index contributed by atoms with van der Waals surface area (Å²) < 4.78 is 20.3. The molecule has 0 fully saturated rings. The van der Waals surface area contributed by atoms with Crippen LogP contribution in [0.3, 0.4) is 0 Å². The van der Waals surface area contributed by atoms with Crippen molar-refractivity contribution >= 4 is 26.7 Å². The molecule has 4 nitrogen and oxygen atoms in total. The molecule has 1 aromatic heterocycles. The van der Waals surface area contributed by atoms with Crippen LogP contribution in [0.5, 0.6) is 5.75 Å². The number of fused-ring (bicyclic) bond motifs is 1. The van der Waals surface area contributed by atoms with Gasteiger partial charge < -0.3 is 4.74 Å². The van der Waals surface area contributed by atoms with E-state index in [9.17, 15) is 9.18 Å². The lowest BCUT2D eigenvalue weighted by Crippen LogP contribution is -2.23. The number of alkyl halides is 2. The van der Waals surface area contributed by atoms with Crippen molar-refractivity contribution in [1.82, 2.24) is 9.78 Å². The van der Waals surface area contributed by atoms with Crippen molar-refractivity contribution in [2.45, 2.75) is 12.7 Å². The van der Waals surface area contributed by atoms with E-state index in [0.29, 0.717) is 22.9 Å². The molecule has 0 N–H and O–H groups in total. The summed E-state index contributed by atoms with van der Waals surface area (Å²) >= 11 is 3.12. The van der Waals surface area contributed by atoms with Crippen molar-refractivity contribution < 1.29 is 9.13 Å². The summed E-state index contributed by atoms with van der Waals surface area (Å²) in [6, 6.07) is 12.5. The van der Waals surface area contributed by atoms with Gasteiger partial charge in [-0.3, -0.25) is 4.79 Å². The van der Waals surface area contributed by atoms with E-state index in [-0.39, 0.29) is 10.9 Å². The Labute approximate surface area is 147 Å². The first-order chi connectivity index (χ1) is 11.6. The molecule has 124 valence electrons. The molecule has 0 saturated heterocycles. The number of nitrogens with zero attached hydrogens (tertiary/aromatic N) is 2. The summed E-state index contributed by atoms with van der Waals surface area (Å²) in [7, 11) is 1.61. The van der Waals surface area contributed by atoms with E-state index >= 15 is 0 Å². The predicted molar refractivity (Wildman–Crippen MR) is 95.7 cm³/mol. The van der Waals surface area contributed by atoms with Crippen molar-refractivity contribution in [3.63, 3.8) is 0 Å². The predicted octanol–water partition coefficient (Wildman–Crippen LogP) is 3.86. The van der Waals surface area contributed by atoms with Crippen LogP contribution in [0.1, 0.15) is 17.3 Å². The summed E-state index contributed by atoms with van der Waals surface area (Å²) in [4.78, 5) is 12.6. The first-order valence-corrected chi connectivity index (χ1v) is 8.57. The van der Waals surface area contributed by atoms with Crippen LogP contribution < -0.4 is 10.3 Å². The maximum Gasteiger partial charge on any atom is 0.274 e. The van der Waals surface area contributed by atoms with Crippen LogP contribution in [0.2, 0.25) is 0 Å². The average Bonchev–Trinajstić information content (AvgIpc) is 2.63. The number of hydrogen-bond donors (Lipinski definition) is 0. The van der Waals surface area contributed by atoms with E-state index in [4.69, 9.17) is 4.74 Å². The Kier molecular flexibility index (Phi) is 4.94. The highest BCUT2D eigenvalue weighted by atomic mass is 79.9. The molecule has 0 radical (unpaired) electrons. The minimum absolute atomic E-state index is 0.191. The molecule has 6 heteroatoms. The highest BCUT2D eigenvalue weighted by molar-refractivity contribution is 9.09. The molecule has 0 saturated carbocycles. The van der Waals surface area contributed by atoms with E-state index in [1.165, 1.54) is 4.68 Å². The maximum atomic E-state index is 13.8. The summed E-state index contributed by atoms with van der Waals surface area (Å²) in [6.45, 7) is 0.369. The fourth-order valence-corrected chi connectivity index (χ4v) is 2.88. The zero-order valence-electron chi connectivity index (χ0n) is 13.1. The molecule has 0 aliphatic heterocycles. The number of ether oxygens (including phenoxy) is 1. The van der Waals surface area contributed by atoms with Gasteiger partial charge in [-0.15, -0.1) is 0 Å². The van der Waals surface area contributed by atoms with Gasteiger partial charge in [0.15, 0.2) is 0 Å². The van der Waals surface area contributed by atoms with Gasteiger partial charge in [0.05, 0.1) is 25.2 Å². The van der Waals surface area contributed by atoms with Gasteiger partial charge in [0.1, 0.15) is 11.9 Å². The number of methoxy groups -OCH3 is 1. The zero-order valence-corrected chi connectivity index (χ0v) is 14.7. The van der Waals surface area contributed by atoms with Gasteiger partial charge in [0.2, 0.25) is 0 Å². The van der Waals surface area contributed by atoms with Gasteiger partial charge in [-0.25, -0.2) is 9.07 Å². The molecule has 0 aliphatic carbocycles. The van der Waals surface area contributed by atoms with Crippen LogP contribution in [0.15, 0.2) is 53.5 Å². The number of aromatic nitrogens is 2. The fraction of sp³-hybridized carbons (Fsp3) is 0.222. The van der Waals surface area contributed by atoms with Gasteiger partial charge in [-0.1, -0.05) is 34.1 Å². The fourth-order valence-electron chi connectivity index (χ4n) is 2.51. The lowest BCUT2D eigenvalue weighted by atomic mass is 10.1. The van der Waals surface area contributed by atoms with Gasteiger partial charge >= 0.3 is 0 Å². The Morgan fingerprint density at radius 1 is 1.25 bits per heavy atom. The molecule has 1 atom stereocenters. The highest BCUT2D eigenvalue weighted by Gasteiger charge is 2.11. The zero-order chi connectivity index (χ0) is 17.1. The van der Waals surface area contributed by atoms with E-state index in [2.05, 4.69) is 21.0 Å². The van der Waals surface area contributed by atoms with Crippen LogP contribution in [-0.4, -0.2) is 22.2 Å². The molecule has 0 aliphatic rings. The smallest absolute Gasteiger partial charge is 0.274 e. The Morgan fingerprint density at radius 2 is 2.00 bits per heavy atom. The monoisotopic (exact) mass is 390 g/mol. The largest absolute Gasteiger partial charge is 0.497 e. The molecular formula is C18H16BrFN2O2. The van der Waals surface area contributed by atoms with Crippen LogP contribution >= 0.6 is 15.9 Å². The third kappa shape index (κ3) is 3.33. The van der Waals surface area contributed by atoms with E-state index in [1.807, 2.05) is 24.3 Å². The Hall–Kier alpha value is -2.21. The minimum atomic E-state index is -1.10. The average molecular weight is 391 g/mol. The highest BCUT2D eigenvalue weighted by Crippen LogP contribution is 2.22. The lowest BCUT2D eigenvalue weighted by molar-refractivity contribution is 0.383. The van der Waals surface area contributed by atoms with Crippen LogP contribution in [0.4, 0.5) is 4.39 Å². The standard InChI is InChI=1S/C18H16BrFN2O2/c1-24-15-5-2-12(3-6-15)11-22-18(23)16-7-4-13(17(20)9-19)8-14(16)10-21-22/h2-8,10,17H,9,11H2,1H3. The molecule has 1 heterocycles. The molecular weight excluding hydrogens is 375 g/mol. The number of rotatable bonds is 5. The van der Waals surface area contributed by atoms with Crippen molar-refractivity contribution in [2.24, 2.45) is 0 Å². The Bertz CT molecular complexity index is 909. The molecule has 2 aromatic carbocycles. The van der Waals surface area contributed by atoms with Crippen LogP contribution in [-0.2, 0) is 6.54 Å². The van der Waals surface area contributed by atoms with Crippen molar-refractivity contribution in [3.05, 3.63) is 70.1 Å². The Morgan fingerprint density at radius 3 is 2.67 bits per heavy atom. The van der Waals surface area contributed by atoms with Crippen LogP contribution in [0.25, 0.3) is 10.8 Å². The number of benzene rings is 2. The van der Waals surface area contributed by atoms with Crippen LogP contribution in [0, 0.1) is 0 Å². The second-order valence-corrected chi connectivity index (χ2v) is 6.07. The third-order valence-electron chi connectivity index (χ3n) is 3.87. The summed E-state index contributed by atoms with van der Waals surface area (Å²) in [6.07, 6.45) is 0.501. The topological polar surface area (TPSA) is 44.1 Å². The number of hydrogen-bond acceptors (Lipinski definition) is 3. The Balaban J connectivity index is 1.94. The van der Waals surface area contributed by atoms with Gasteiger partial charge in [0, 0.05) is 10.7 Å². The third-order valence-corrected chi connectivity index (χ3v) is 4.43. The van der Waals surface area contributed by atoms with Gasteiger partial charge in [0.25, 0.3) is 5.56 Å². The summed E-state index contributed by atoms with van der Waals surface area (Å²) in [5, 5.41) is 5.61. The van der Waals surface area contributed by atoms with Crippen molar-refractivity contribution in [3.8, 4) is 5.75 Å². The lowest BCUT2D eigenvalue weighted by Gasteiger charge is -2.09. The first-order valence-electron chi connectivity index (χ1n) is 7.45. The van der Waals surface area contributed by atoms with Gasteiger partial charge in [-0.05, 0) is 35.4 Å². The second kappa shape index (κ2) is 7.13. The van der Waals surface area contributed by atoms with E-state index in [0.717, 1.165) is 11.3 Å². The molecule has 1 unspecified atom stereocenters. The van der Waals surface area contributed by atoms with Crippen molar-refractivity contribution in [1.29, 1.82) is 0 Å².